The summed E-state index contributed by atoms with van der Waals surface area (Å²) in [4.78, 5) is 6.43. The minimum Gasteiger partial charge on any atom is -0.370 e. The largest absolute Gasteiger partial charge is 0.370 e. The Bertz CT molecular complexity index is 570. The lowest BCUT2D eigenvalue weighted by molar-refractivity contribution is 0.909. The molecule has 0 fully saturated rings. The summed E-state index contributed by atoms with van der Waals surface area (Å²) in [5.74, 6) is 0.454. The number of pyridine rings is 1. The fraction of sp³-hybridized carbons (Fsp3) is 0.267. The third-order valence-electron chi connectivity index (χ3n) is 3.02. The second-order valence-electron chi connectivity index (χ2n) is 4.54. The highest BCUT2D eigenvalue weighted by Gasteiger charge is 2.10. The fourth-order valence-electron chi connectivity index (χ4n) is 2.00. The minimum atomic E-state index is 0.454. The summed E-state index contributed by atoms with van der Waals surface area (Å²) in [6.07, 6.45) is 1.83. The maximum Gasteiger partial charge on any atom is 0.0509 e. The Kier molecular flexibility index (Phi) is 4.67. The van der Waals surface area contributed by atoms with E-state index in [0.717, 1.165) is 34.1 Å². The lowest BCUT2D eigenvalue weighted by atomic mass is 10.1. The molecule has 0 saturated heterocycles. The number of hydrogen-bond acceptors (Lipinski definition) is 2. The van der Waals surface area contributed by atoms with E-state index in [1.54, 1.807) is 0 Å². The molecule has 0 aliphatic carbocycles. The first-order valence-corrected chi connectivity index (χ1v) is 6.99. The molecule has 19 heavy (non-hydrogen) atoms. The Balaban J connectivity index is 2.27. The van der Waals surface area contributed by atoms with Gasteiger partial charge in [-0.1, -0.05) is 29.8 Å². The third kappa shape index (κ3) is 3.40. The van der Waals surface area contributed by atoms with E-state index in [4.69, 9.17) is 23.2 Å². The second kappa shape index (κ2) is 6.27. The molecule has 0 unspecified atom stereocenters. The Morgan fingerprint density at radius 1 is 1.21 bits per heavy atom. The van der Waals surface area contributed by atoms with Crippen LogP contribution in [0.1, 0.15) is 16.8 Å². The van der Waals surface area contributed by atoms with Crippen LogP contribution in [0, 0.1) is 6.92 Å². The van der Waals surface area contributed by atoms with Crippen molar-refractivity contribution in [3.05, 3.63) is 58.4 Å². The number of nitrogens with zero attached hydrogens (tertiary/aromatic N) is 2. The highest BCUT2D eigenvalue weighted by molar-refractivity contribution is 6.31. The van der Waals surface area contributed by atoms with Crippen molar-refractivity contribution < 1.29 is 0 Å². The zero-order valence-corrected chi connectivity index (χ0v) is 12.5. The van der Waals surface area contributed by atoms with E-state index in [9.17, 15) is 0 Å². The molecule has 1 heterocycles. The second-order valence-corrected chi connectivity index (χ2v) is 5.21. The monoisotopic (exact) mass is 294 g/mol. The molecule has 0 aliphatic heterocycles. The first-order valence-electron chi connectivity index (χ1n) is 6.08. The number of aryl methyl sites for hydroxylation is 1. The van der Waals surface area contributed by atoms with Crippen molar-refractivity contribution in [2.24, 2.45) is 0 Å². The van der Waals surface area contributed by atoms with Gasteiger partial charge in [0.05, 0.1) is 5.88 Å². The van der Waals surface area contributed by atoms with Crippen LogP contribution in [0.15, 0.2) is 36.5 Å². The van der Waals surface area contributed by atoms with Crippen LogP contribution in [0.25, 0.3) is 0 Å². The van der Waals surface area contributed by atoms with Crippen LogP contribution in [-0.2, 0) is 12.4 Å². The summed E-state index contributed by atoms with van der Waals surface area (Å²) in [6, 6.07) is 9.93. The van der Waals surface area contributed by atoms with Crippen LogP contribution in [0.3, 0.4) is 0 Å². The van der Waals surface area contributed by atoms with Crippen molar-refractivity contribution in [2.45, 2.75) is 19.3 Å². The number of benzene rings is 1. The Hall–Kier alpha value is -1.25. The van der Waals surface area contributed by atoms with Gasteiger partial charge in [-0.05, 0) is 24.6 Å². The number of alkyl halides is 1. The number of hydrogen-bond donors (Lipinski definition) is 0. The van der Waals surface area contributed by atoms with E-state index < -0.39 is 0 Å². The van der Waals surface area contributed by atoms with Gasteiger partial charge >= 0.3 is 0 Å². The first kappa shape index (κ1) is 14.2. The predicted molar refractivity (Wildman–Crippen MR) is 82.1 cm³/mol. The molecule has 0 radical (unpaired) electrons. The van der Waals surface area contributed by atoms with E-state index in [-0.39, 0.29) is 0 Å². The zero-order valence-electron chi connectivity index (χ0n) is 11.0. The minimum absolute atomic E-state index is 0.454. The van der Waals surface area contributed by atoms with Crippen molar-refractivity contribution in [3.63, 3.8) is 0 Å². The maximum absolute atomic E-state index is 6.20. The van der Waals surface area contributed by atoms with Crippen LogP contribution in [-0.4, -0.2) is 12.0 Å². The smallest absolute Gasteiger partial charge is 0.0509 e. The van der Waals surface area contributed by atoms with Gasteiger partial charge in [-0.2, -0.15) is 0 Å². The van der Waals surface area contributed by atoms with Gasteiger partial charge < -0.3 is 4.90 Å². The normalized spacial score (nSPS) is 10.5. The summed E-state index contributed by atoms with van der Waals surface area (Å²) in [7, 11) is 2.04. The maximum atomic E-state index is 6.20. The third-order valence-corrected chi connectivity index (χ3v) is 3.68. The van der Waals surface area contributed by atoms with Crippen molar-refractivity contribution in [1.82, 2.24) is 4.98 Å². The molecule has 100 valence electrons. The molecule has 4 heteroatoms. The van der Waals surface area contributed by atoms with Gasteiger partial charge in [-0.3, -0.25) is 4.98 Å². The molecule has 2 rings (SSSR count). The number of anilines is 1. The zero-order chi connectivity index (χ0) is 13.8. The Morgan fingerprint density at radius 3 is 2.63 bits per heavy atom. The molecular weight excluding hydrogens is 279 g/mol. The number of halogens is 2. The highest BCUT2D eigenvalue weighted by Crippen LogP contribution is 2.25. The van der Waals surface area contributed by atoms with Crippen molar-refractivity contribution >= 4 is 28.9 Å². The molecule has 0 aliphatic rings. The van der Waals surface area contributed by atoms with E-state index in [0.29, 0.717) is 5.88 Å². The lowest BCUT2D eigenvalue weighted by Crippen LogP contribution is -2.18. The van der Waals surface area contributed by atoms with Crippen molar-refractivity contribution in [2.75, 3.05) is 11.9 Å². The highest BCUT2D eigenvalue weighted by atomic mass is 35.5. The van der Waals surface area contributed by atoms with Gasteiger partial charge in [0.2, 0.25) is 0 Å². The molecule has 0 spiro atoms. The van der Waals surface area contributed by atoms with Crippen LogP contribution in [0.2, 0.25) is 5.02 Å². The summed E-state index contributed by atoms with van der Waals surface area (Å²) in [5.41, 5.74) is 4.21. The van der Waals surface area contributed by atoms with E-state index in [1.807, 2.05) is 44.4 Å². The van der Waals surface area contributed by atoms with Gasteiger partial charge in [0.1, 0.15) is 0 Å². The van der Waals surface area contributed by atoms with Gasteiger partial charge in [0.15, 0.2) is 0 Å². The van der Waals surface area contributed by atoms with E-state index in [2.05, 4.69) is 16.0 Å². The van der Waals surface area contributed by atoms with E-state index in [1.165, 1.54) is 0 Å². The molecular formula is C15H16Cl2N2. The van der Waals surface area contributed by atoms with Crippen molar-refractivity contribution in [3.8, 4) is 0 Å². The molecule has 0 N–H and O–H groups in total. The average Bonchev–Trinajstić information content (AvgIpc) is 2.41. The molecule has 0 atom stereocenters. The van der Waals surface area contributed by atoms with Gasteiger partial charge in [-0.15, -0.1) is 11.6 Å². The summed E-state index contributed by atoms with van der Waals surface area (Å²) in [5, 5.41) is 0.785. The van der Waals surface area contributed by atoms with Crippen LogP contribution in [0.4, 0.5) is 5.69 Å². The standard InChI is InChI=1S/C15H16Cl2N2/c1-11-7-15(13(8-16)9-18-11)19(2)10-12-5-3-4-6-14(12)17/h3-7,9H,8,10H2,1-2H3. The summed E-state index contributed by atoms with van der Waals surface area (Å²) >= 11 is 12.2. The molecule has 0 saturated carbocycles. The lowest BCUT2D eigenvalue weighted by Gasteiger charge is -2.22. The Morgan fingerprint density at radius 2 is 1.95 bits per heavy atom. The molecule has 2 aromatic rings. The quantitative estimate of drug-likeness (QED) is 0.776. The van der Waals surface area contributed by atoms with Gasteiger partial charge in [-0.25, -0.2) is 0 Å². The van der Waals surface area contributed by atoms with Gasteiger partial charge in [0, 0.05) is 41.8 Å². The van der Waals surface area contributed by atoms with Crippen molar-refractivity contribution in [1.29, 1.82) is 0 Å². The first-order chi connectivity index (χ1) is 9.11. The van der Waals surface area contributed by atoms with Gasteiger partial charge in [0.25, 0.3) is 0 Å². The molecule has 1 aromatic carbocycles. The number of aromatic nitrogens is 1. The molecule has 0 amide bonds. The van der Waals surface area contributed by atoms with Crippen LogP contribution < -0.4 is 4.90 Å². The summed E-state index contributed by atoms with van der Waals surface area (Å²) < 4.78 is 0. The predicted octanol–water partition coefficient (Wildman–Crippen LogP) is 4.42. The van der Waals surface area contributed by atoms with Crippen LogP contribution in [0.5, 0.6) is 0 Å². The summed E-state index contributed by atoms with van der Waals surface area (Å²) in [6.45, 7) is 2.72. The molecule has 0 bridgehead atoms. The number of rotatable bonds is 4. The molecule has 2 nitrogen and oxygen atoms in total. The van der Waals surface area contributed by atoms with E-state index >= 15 is 0 Å². The average molecular weight is 295 g/mol. The fourth-order valence-corrected chi connectivity index (χ4v) is 2.40. The Labute approximate surface area is 124 Å². The van der Waals surface area contributed by atoms with Crippen LogP contribution >= 0.6 is 23.2 Å². The SMILES string of the molecule is Cc1cc(N(C)Cc2ccccc2Cl)c(CCl)cn1. The topological polar surface area (TPSA) is 16.1 Å². The molecule has 1 aromatic heterocycles.